The molecule has 0 fully saturated rings. The van der Waals surface area contributed by atoms with Gasteiger partial charge in [0.1, 0.15) is 18.1 Å². The summed E-state index contributed by atoms with van der Waals surface area (Å²) >= 11 is 0. The highest BCUT2D eigenvalue weighted by Gasteiger charge is 2.29. The Bertz CT molecular complexity index is 1160. The van der Waals surface area contributed by atoms with E-state index in [1.54, 1.807) is 24.8 Å². The van der Waals surface area contributed by atoms with Crippen LogP contribution in [0.3, 0.4) is 0 Å². The van der Waals surface area contributed by atoms with Crippen molar-refractivity contribution >= 4 is 6.02 Å². The van der Waals surface area contributed by atoms with E-state index in [0.29, 0.717) is 5.75 Å². The third kappa shape index (κ3) is 3.69. The van der Waals surface area contributed by atoms with Crippen LogP contribution in [0.15, 0.2) is 79.5 Å². The lowest BCUT2D eigenvalue weighted by molar-refractivity contribution is 0.274. The summed E-state index contributed by atoms with van der Waals surface area (Å²) in [5, 5.41) is 7.53. The summed E-state index contributed by atoms with van der Waals surface area (Å²) in [4.78, 5) is 13.0. The molecule has 1 unspecified atom stereocenters. The summed E-state index contributed by atoms with van der Waals surface area (Å²) in [6.45, 7) is 0.214. The molecule has 4 aromatic rings. The number of benzene rings is 1. The topological polar surface area (TPSA) is 107 Å². The zero-order valence-corrected chi connectivity index (χ0v) is 16.5. The summed E-state index contributed by atoms with van der Waals surface area (Å²) in [6, 6.07) is 15.4. The van der Waals surface area contributed by atoms with Gasteiger partial charge in [0, 0.05) is 47.0 Å². The maximum Gasteiger partial charge on any atom is 0.279 e. The maximum atomic E-state index is 7.53. The van der Waals surface area contributed by atoms with E-state index < -0.39 is 0 Å². The predicted molar refractivity (Wildman–Crippen MR) is 117 cm³/mol. The first-order chi connectivity index (χ1) is 15.2. The second kappa shape index (κ2) is 7.87. The van der Waals surface area contributed by atoms with Crippen LogP contribution in [0.1, 0.15) is 17.0 Å². The lowest BCUT2D eigenvalue weighted by Gasteiger charge is -2.28. The van der Waals surface area contributed by atoms with Crippen LogP contribution in [0.2, 0.25) is 0 Å². The van der Waals surface area contributed by atoms with Crippen LogP contribution in [0.5, 0.6) is 11.5 Å². The van der Waals surface area contributed by atoms with Crippen molar-refractivity contribution in [2.24, 2.45) is 5.73 Å². The van der Waals surface area contributed by atoms with Gasteiger partial charge in [0.25, 0.3) is 6.02 Å². The molecule has 0 amide bonds. The fourth-order valence-electron chi connectivity index (χ4n) is 3.75. The molecule has 31 heavy (non-hydrogen) atoms. The first kappa shape index (κ1) is 18.7. The predicted octanol–water partition coefficient (Wildman–Crippen LogP) is 4.35. The van der Waals surface area contributed by atoms with Gasteiger partial charge in [-0.05, 0) is 42.0 Å². The fourth-order valence-corrected chi connectivity index (χ4v) is 3.75. The molecule has 1 aliphatic rings. The summed E-state index contributed by atoms with van der Waals surface area (Å²) in [5.41, 5.74) is 11.1. The van der Waals surface area contributed by atoms with Crippen LogP contribution in [0.25, 0.3) is 22.4 Å². The van der Waals surface area contributed by atoms with Crippen molar-refractivity contribution in [2.45, 2.75) is 5.92 Å². The van der Waals surface area contributed by atoms with Gasteiger partial charge < -0.3 is 15.2 Å². The van der Waals surface area contributed by atoms with Crippen molar-refractivity contribution in [3.8, 4) is 33.9 Å². The minimum absolute atomic E-state index is 0.183. The second-order valence-corrected chi connectivity index (χ2v) is 7.17. The summed E-state index contributed by atoms with van der Waals surface area (Å²) in [7, 11) is 0. The van der Waals surface area contributed by atoms with E-state index in [1.165, 1.54) is 0 Å². The first-order valence-electron chi connectivity index (χ1n) is 9.78. The van der Waals surface area contributed by atoms with Crippen LogP contribution >= 0.6 is 0 Å². The molecule has 3 aromatic heterocycles. The Labute approximate surface area is 179 Å². The van der Waals surface area contributed by atoms with Crippen LogP contribution in [0, 0.1) is 5.41 Å². The number of hydrogen-bond donors (Lipinski definition) is 2. The lowest BCUT2D eigenvalue weighted by Crippen LogP contribution is -2.21. The maximum absolute atomic E-state index is 7.53. The minimum atomic E-state index is -0.320. The normalized spacial score (nSPS) is 14.1. The van der Waals surface area contributed by atoms with E-state index >= 15 is 0 Å². The number of ether oxygens (including phenoxy) is 2. The van der Waals surface area contributed by atoms with Gasteiger partial charge in [-0.15, -0.1) is 0 Å². The average molecular weight is 409 g/mol. The monoisotopic (exact) mass is 409 g/mol. The number of pyridine rings is 3. The third-order valence-electron chi connectivity index (χ3n) is 5.24. The Hall–Kier alpha value is -4.26. The van der Waals surface area contributed by atoms with Gasteiger partial charge in [-0.2, -0.15) is 0 Å². The molecule has 3 N–H and O–H groups in total. The van der Waals surface area contributed by atoms with Gasteiger partial charge in [0.2, 0.25) is 0 Å². The van der Waals surface area contributed by atoms with E-state index in [-0.39, 0.29) is 18.5 Å². The first-order valence-corrected chi connectivity index (χ1v) is 9.78. The van der Waals surface area contributed by atoms with E-state index in [2.05, 4.69) is 21.0 Å². The molecule has 0 spiro atoms. The van der Waals surface area contributed by atoms with E-state index in [1.807, 2.05) is 48.7 Å². The van der Waals surface area contributed by atoms with Gasteiger partial charge in [-0.3, -0.25) is 20.4 Å². The van der Waals surface area contributed by atoms with Crippen LogP contribution in [-0.4, -0.2) is 27.6 Å². The Morgan fingerprint density at radius 3 is 2.35 bits per heavy atom. The molecule has 0 radical (unpaired) electrons. The molecule has 152 valence electrons. The molecule has 0 bridgehead atoms. The molecule has 0 saturated carbocycles. The van der Waals surface area contributed by atoms with Crippen LogP contribution in [-0.2, 0) is 4.74 Å². The zero-order valence-electron chi connectivity index (χ0n) is 16.5. The molecule has 1 aliphatic heterocycles. The number of aromatic nitrogens is 3. The Morgan fingerprint density at radius 1 is 0.903 bits per heavy atom. The summed E-state index contributed by atoms with van der Waals surface area (Å²) in [5.74, 6) is 1.21. The van der Waals surface area contributed by atoms with Crippen LogP contribution < -0.4 is 10.5 Å². The number of hydrogen-bond acceptors (Lipinski definition) is 6. The highest BCUT2D eigenvalue weighted by molar-refractivity contribution is 5.70. The Morgan fingerprint density at radius 2 is 1.65 bits per heavy atom. The van der Waals surface area contributed by atoms with Gasteiger partial charge in [0.05, 0.1) is 17.8 Å². The second-order valence-electron chi connectivity index (χ2n) is 7.17. The van der Waals surface area contributed by atoms with Crippen molar-refractivity contribution in [1.29, 1.82) is 5.41 Å². The molecule has 1 atom stereocenters. The molecule has 7 nitrogen and oxygen atoms in total. The van der Waals surface area contributed by atoms with Gasteiger partial charge >= 0.3 is 0 Å². The van der Waals surface area contributed by atoms with E-state index in [4.69, 9.17) is 20.6 Å². The number of nitrogens with zero attached hydrogens (tertiary/aromatic N) is 3. The average Bonchev–Trinajstić information content (AvgIpc) is 2.82. The van der Waals surface area contributed by atoms with Crippen molar-refractivity contribution < 1.29 is 9.47 Å². The third-order valence-corrected chi connectivity index (χ3v) is 5.24. The number of amidine groups is 1. The standard InChI is InChI=1S/C24H19N5O2/c25-24(26)30-14-20-18-9-15(16-3-1-7-27-11-16)5-6-22(18)31-23-13-29-21(10-19(20)23)17-4-2-8-28-12-17/h1-13,20H,14H2,(H3,25,26). The smallest absolute Gasteiger partial charge is 0.279 e. The number of rotatable bonds is 4. The van der Waals surface area contributed by atoms with Crippen molar-refractivity contribution in [2.75, 3.05) is 6.61 Å². The Balaban J connectivity index is 1.61. The molecular formula is C24H19N5O2. The quantitative estimate of drug-likeness (QED) is 0.383. The molecule has 1 aromatic carbocycles. The molecular weight excluding hydrogens is 390 g/mol. The van der Waals surface area contributed by atoms with Crippen molar-refractivity contribution in [1.82, 2.24) is 15.0 Å². The SMILES string of the molecule is N=C(N)OCC1c2cc(-c3cccnc3)ccc2Oc2cnc(-c3cccnc3)cc21. The van der Waals surface area contributed by atoms with Gasteiger partial charge in [-0.25, -0.2) is 0 Å². The zero-order chi connectivity index (χ0) is 21.2. The number of fused-ring (bicyclic) bond motifs is 2. The van der Waals surface area contributed by atoms with E-state index in [0.717, 1.165) is 39.3 Å². The highest BCUT2D eigenvalue weighted by Crippen LogP contribution is 2.46. The summed E-state index contributed by atoms with van der Waals surface area (Å²) < 4.78 is 11.6. The van der Waals surface area contributed by atoms with Gasteiger partial charge in [-0.1, -0.05) is 12.1 Å². The van der Waals surface area contributed by atoms with Crippen LogP contribution in [0.4, 0.5) is 0 Å². The number of nitrogens with one attached hydrogen (secondary N) is 1. The fraction of sp³-hybridized carbons (Fsp3) is 0.0833. The molecule has 4 heterocycles. The van der Waals surface area contributed by atoms with E-state index in [9.17, 15) is 0 Å². The molecule has 0 aliphatic carbocycles. The largest absolute Gasteiger partial charge is 0.465 e. The number of nitrogens with two attached hydrogens (primary N) is 1. The molecule has 0 saturated heterocycles. The highest BCUT2D eigenvalue weighted by atomic mass is 16.5. The molecule has 5 rings (SSSR count). The Kier molecular flexibility index (Phi) is 4.76. The van der Waals surface area contributed by atoms with Crippen molar-refractivity contribution in [3.05, 3.63) is 90.6 Å². The minimum Gasteiger partial charge on any atom is -0.465 e. The molecule has 7 heteroatoms. The van der Waals surface area contributed by atoms with Crippen molar-refractivity contribution in [3.63, 3.8) is 0 Å². The summed E-state index contributed by atoms with van der Waals surface area (Å²) in [6.07, 6.45) is 8.79. The lowest BCUT2D eigenvalue weighted by atomic mass is 9.87. The van der Waals surface area contributed by atoms with Gasteiger partial charge in [0.15, 0.2) is 0 Å².